The maximum absolute atomic E-state index is 4.96. The van der Waals surface area contributed by atoms with E-state index in [4.69, 9.17) is 4.74 Å². The zero-order chi connectivity index (χ0) is 13.5. The fourth-order valence-electron chi connectivity index (χ4n) is 1.78. The van der Waals surface area contributed by atoms with E-state index in [-0.39, 0.29) is 0 Å². The molecule has 102 valence electrons. The van der Waals surface area contributed by atoms with Crippen molar-refractivity contribution >= 4 is 0 Å². The molecular weight excluding hydrogens is 242 g/mol. The molecule has 0 amide bonds. The molecule has 0 aliphatic carbocycles. The van der Waals surface area contributed by atoms with Gasteiger partial charge in [-0.1, -0.05) is 11.3 Å². The van der Waals surface area contributed by atoms with Crippen LogP contribution in [0.4, 0.5) is 0 Å². The summed E-state index contributed by atoms with van der Waals surface area (Å²) in [4.78, 5) is 4.17. The molecule has 1 N–H and O–H groups in total. The number of pyridine rings is 1. The largest absolute Gasteiger partial charge is 0.383 e. The maximum Gasteiger partial charge on any atom is 0.0964 e. The Balaban J connectivity index is 1.87. The third-order valence-electron chi connectivity index (χ3n) is 2.65. The lowest BCUT2D eigenvalue weighted by Gasteiger charge is -2.01. The Morgan fingerprint density at radius 1 is 1.37 bits per heavy atom. The Labute approximate surface area is 112 Å². The molecule has 0 saturated heterocycles. The molecule has 6 nitrogen and oxygen atoms in total. The lowest BCUT2D eigenvalue weighted by molar-refractivity contribution is 0.199. The van der Waals surface area contributed by atoms with Gasteiger partial charge < -0.3 is 10.1 Å². The second-order valence-corrected chi connectivity index (χ2v) is 4.45. The number of aromatic nitrogens is 4. The van der Waals surface area contributed by atoms with Crippen molar-refractivity contribution in [3.8, 4) is 0 Å². The highest BCUT2D eigenvalue weighted by molar-refractivity contribution is 5.16. The summed E-state index contributed by atoms with van der Waals surface area (Å²) in [6.07, 6.45) is 5.64. The lowest BCUT2D eigenvalue weighted by Crippen LogP contribution is -2.18. The predicted octanol–water partition coefficient (Wildman–Crippen LogP) is 0.766. The Bertz CT molecular complexity index is 511. The summed E-state index contributed by atoms with van der Waals surface area (Å²) in [5.41, 5.74) is 3.21. The molecule has 2 rings (SSSR count). The van der Waals surface area contributed by atoms with Crippen LogP contribution in [0, 0.1) is 6.92 Å². The number of aryl methyl sites for hydroxylation is 1. The van der Waals surface area contributed by atoms with Gasteiger partial charge in [0.15, 0.2) is 0 Å². The van der Waals surface area contributed by atoms with E-state index in [0.29, 0.717) is 19.7 Å². The first kappa shape index (κ1) is 13.6. The van der Waals surface area contributed by atoms with Crippen LogP contribution in [0.3, 0.4) is 0 Å². The average molecular weight is 261 g/mol. The van der Waals surface area contributed by atoms with Crippen molar-refractivity contribution in [3.05, 3.63) is 41.5 Å². The van der Waals surface area contributed by atoms with Crippen molar-refractivity contribution in [2.75, 3.05) is 20.3 Å². The SMILES string of the molecule is COCCNCc1cn(Cc2cncc(C)c2)nn1. The highest BCUT2D eigenvalue weighted by Gasteiger charge is 2.02. The summed E-state index contributed by atoms with van der Waals surface area (Å²) in [7, 11) is 1.69. The summed E-state index contributed by atoms with van der Waals surface area (Å²) in [5, 5.41) is 11.5. The number of rotatable bonds is 7. The van der Waals surface area contributed by atoms with E-state index in [2.05, 4.69) is 26.7 Å². The lowest BCUT2D eigenvalue weighted by atomic mass is 10.2. The predicted molar refractivity (Wildman–Crippen MR) is 71.7 cm³/mol. The van der Waals surface area contributed by atoms with E-state index in [1.54, 1.807) is 7.11 Å². The molecule has 0 aliphatic heterocycles. The van der Waals surface area contributed by atoms with Gasteiger partial charge in [-0.25, -0.2) is 4.68 Å². The van der Waals surface area contributed by atoms with Gasteiger partial charge >= 0.3 is 0 Å². The topological polar surface area (TPSA) is 64.9 Å². The average Bonchev–Trinajstić information content (AvgIpc) is 2.82. The standard InChI is InChI=1S/C13H19N5O/c1-11-5-12(7-15-6-11)9-18-10-13(16-17-18)8-14-3-4-19-2/h5-7,10,14H,3-4,8-9H2,1-2H3. The summed E-state index contributed by atoms with van der Waals surface area (Å²) < 4.78 is 6.79. The number of nitrogens with zero attached hydrogens (tertiary/aromatic N) is 4. The first-order valence-corrected chi connectivity index (χ1v) is 6.27. The quantitative estimate of drug-likeness (QED) is 0.746. The third kappa shape index (κ3) is 4.42. The van der Waals surface area contributed by atoms with Gasteiger partial charge in [0.05, 0.1) is 25.0 Å². The zero-order valence-electron chi connectivity index (χ0n) is 11.3. The molecule has 6 heteroatoms. The van der Waals surface area contributed by atoms with Gasteiger partial charge in [0.25, 0.3) is 0 Å². The first-order chi connectivity index (χ1) is 9.28. The van der Waals surface area contributed by atoms with Gasteiger partial charge in [-0.2, -0.15) is 0 Å². The van der Waals surface area contributed by atoms with Crippen LogP contribution in [-0.2, 0) is 17.8 Å². The Morgan fingerprint density at radius 3 is 3.05 bits per heavy atom. The smallest absolute Gasteiger partial charge is 0.0964 e. The first-order valence-electron chi connectivity index (χ1n) is 6.27. The molecule has 0 aliphatic rings. The Morgan fingerprint density at radius 2 is 2.26 bits per heavy atom. The molecule has 2 aromatic rings. The van der Waals surface area contributed by atoms with Crippen LogP contribution in [0.15, 0.2) is 24.7 Å². The van der Waals surface area contributed by atoms with Crippen molar-refractivity contribution in [2.24, 2.45) is 0 Å². The van der Waals surface area contributed by atoms with Crippen LogP contribution in [0.2, 0.25) is 0 Å². The zero-order valence-corrected chi connectivity index (χ0v) is 11.3. The molecule has 0 radical (unpaired) electrons. The second kappa shape index (κ2) is 6.96. The van der Waals surface area contributed by atoms with Crippen LogP contribution in [0.5, 0.6) is 0 Å². The van der Waals surface area contributed by atoms with Gasteiger partial charge in [0.2, 0.25) is 0 Å². The molecule has 2 aromatic heterocycles. The van der Waals surface area contributed by atoms with E-state index in [1.165, 1.54) is 0 Å². The highest BCUT2D eigenvalue weighted by Crippen LogP contribution is 2.03. The number of nitrogens with one attached hydrogen (secondary N) is 1. The number of hydrogen-bond donors (Lipinski definition) is 1. The van der Waals surface area contributed by atoms with Crippen LogP contribution in [0.25, 0.3) is 0 Å². The minimum Gasteiger partial charge on any atom is -0.383 e. The van der Waals surface area contributed by atoms with Crippen molar-refractivity contribution in [2.45, 2.75) is 20.0 Å². The second-order valence-electron chi connectivity index (χ2n) is 4.45. The van der Waals surface area contributed by atoms with Crippen molar-refractivity contribution in [1.29, 1.82) is 0 Å². The minimum absolute atomic E-state index is 0.694. The van der Waals surface area contributed by atoms with Crippen molar-refractivity contribution in [3.63, 3.8) is 0 Å². The molecule has 0 unspecified atom stereocenters. The van der Waals surface area contributed by atoms with Crippen molar-refractivity contribution in [1.82, 2.24) is 25.3 Å². The van der Waals surface area contributed by atoms with E-state index in [9.17, 15) is 0 Å². The van der Waals surface area contributed by atoms with Gasteiger partial charge in [-0.05, 0) is 18.1 Å². The number of methoxy groups -OCH3 is 1. The minimum atomic E-state index is 0.694. The van der Waals surface area contributed by atoms with Gasteiger partial charge in [0, 0.05) is 32.6 Å². The molecule has 0 spiro atoms. The molecule has 19 heavy (non-hydrogen) atoms. The van der Waals surface area contributed by atoms with Gasteiger partial charge in [0.1, 0.15) is 0 Å². The van der Waals surface area contributed by atoms with Crippen molar-refractivity contribution < 1.29 is 4.74 Å². The summed E-state index contributed by atoms with van der Waals surface area (Å²) in [5.74, 6) is 0. The number of hydrogen-bond acceptors (Lipinski definition) is 5. The fourth-order valence-corrected chi connectivity index (χ4v) is 1.78. The maximum atomic E-state index is 4.96. The highest BCUT2D eigenvalue weighted by atomic mass is 16.5. The van der Waals surface area contributed by atoms with Gasteiger partial charge in [-0.3, -0.25) is 4.98 Å². The monoisotopic (exact) mass is 261 g/mol. The van der Waals surface area contributed by atoms with E-state index in [1.807, 2.05) is 30.2 Å². The normalized spacial score (nSPS) is 10.8. The van der Waals surface area contributed by atoms with E-state index in [0.717, 1.165) is 23.4 Å². The molecule has 0 aromatic carbocycles. The van der Waals surface area contributed by atoms with Crippen LogP contribution in [-0.4, -0.2) is 40.2 Å². The molecule has 0 saturated carbocycles. The molecule has 2 heterocycles. The van der Waals surface area contributed by atoms with Gasteiger partial charge in [-0.15, -0.1) is 5.10 Å². The van der Waals surface area contributed by atoms with Crippen LogP contribution >= 0.6 is 0 Å². The molecular formula is C13H19N5O. The van der Waals surface area contributed by atoms with Crippen LogP contribution in [0.1, 0.15) is 16.8 Å². The molecule has 0 bridgehead atoms. The summed E-state index contributed by atoms with van der Waals surface area (Å²) in [6.45, 7) is 4.94. The summed E-state index contributed by atoms with van der Waals surface area (Å²) in [6, 6.07) is 2.10. The van der Waals surface area contributed by atoms with E-state index < -0.39 is 0 Å². The molecule has 0 fully saturated rings. The Kier molecular flexibility index (Phi) is 5.00. The summed E-state index contributed by atoms with van der Waals surface area (Å²) >= 11 is 0. The Hall–Kier alpha value is -1.79. The van der Waals surface area contributed by atoms with E-state index >= 15 is 0 Å². The van der Waals surface area contributed by atoms with Crippen LogP contribution < -0.4 is 5.32 Å². The third-order valence-corrected chi connectivity index (χ3v) is 2.65. The fraction of sp³-hybridized carbons (Fsp3) is 0.462. The number of ether oxygens (including phenoxy) is 1. The molecule has 0 atom stereocenters.